The minimum absolute atomic E-state index is 0.305. The van der Waals surface area contributed by atoms with Gasteiger partial charge in [-0.15, -0.1) is 0 Å². The third kappa shape index (κ3) is 6.26. The molecule has 0 amide bonds. The lowest BCUT2D eigenvalue weighted by atomic mass is 10.2. The number of aliphatic hydroxyl groups excluding tert-OH is 1. The second-order valence-electron chi connectivity index (χ2n) is 4.73. The van der Waals surface area contributed by atoms with Crippen LogP contribution in [0, 0.1) is 0 Å². The summed E-state index contributed by atoms with van der Waals surface area (Å²) in [7, 11) is 1.66. The molecular formula is C16H27NO3. The summed E-state index contributed by atoms with van der Waals surface area (Å²) in [4.78, 5) is 0. The van der Waals surface area contributed by atoms with Crippen molar-refractivity contribution in [2.45, 2.75) is 39.2 Å². The molecule has 0 spiro atoms. The first-order valence-corrected chi connectivity index (χ1v) is 7.43. The lowest BCUT2D eigenvalue weighted by Crippen LogP contribution is -2.14. The molecule has 0 atom stereocenters. The van der Waals surface area contributed by atoms with Gasteiger partial charge in [0, 0.05) is 13.2 Å². The summed E-state index contributed by atoms with van der Waals surface area (Å²) in [6.07, 6.45) is 4.33. The van der Waals surface area contributed by atoms with Crippen molar-refractivity contribution in [3.63, 3.8) is 0 Å². The van der Waals surface area contributed by atoms with Gasteiger partial charge >= 0.3 is 0 Å². The van der Waals surface area contributed by atoms with Gasteiger partial charge in [0.15, 0.2) is 11.5 Å². The average Bonchev–Trinajstić information content (AvgIpc) is 2.48. The normalized spacial score (nSPS) is 10.6. The average molecular weight is 281 g/mol. The Labute approximate surface area is 122 Å². The number of rotatable bonds is 11. The van der Waals surface area contributed by atoms with Gasteiger partial charge < -0.3 is 19.9 Å². The maximum absolute atomic E-state index is 8.69. The first kappa shape index (κ1) is 16.8. The number of methoxy groups -OCH3 is 1. The van der Waals surface area contributed by atoms with Crippen LogP contribution in [0.5, 0.6) is 11.5 Å². The van der Waals surface area contributed by atoms with Crippen molar-refractivity contribution in [1.29, 1.82) is 0 Å². The van der Waals surface area contributed by atoms with E-state index in [2.05, 4.69) is 11.4 Å². The van der Waals surface area contributed by atoms with Gasteiger partial charge in [0.2, 0.25) is 0 Å². The molecule has 4 nitrogen and oxygen atoms in total. The summed E-state index contributed by atoms with van der Waals surface area (Å²) in [5.74, 6) is 1.58. The highest BCUT2D eigenvalue weighted by Crippen LogP contribution is 2.27. The Balaban J connectivity index is 2.29. The van der Waals surface area contributed by atoms with Crippen molar-refractivity contribution in [3.8, 4) is 11.5 Å². The Morgan fingerprint density at radius 1 is 1.10 bits per heavy atom. The molecule has 1 aromatic rings. The molecule has 0 aliphatic carbocycles. The first-order valence-electron chi connectivity index (χ1n) is 7.43. The molecule has 2 N–H and O–H groups in total. The second kappa shape index (κ2) is 10.5. The molecule has 1 aromatic carbocycles. The molecule has 0 unspecified atom stereocenters. The molecule has 20 heavy (non-hydrogen) atoms. The van der Waals surface area contributed by atoms with Crippen LogP contribution in [-0.4, -0.2) is 32.0 Å². The Kier molecular flexibility index (Phi) is 8.83. The minimum Gasteiger partial charge on any atom is -0.493 e. The molecule has 0 aliphatic heterocycles. The highest BCUT2D eigenvalue weighted by atomic mass is 16.5. The van der Waals surface area contributed by atoms with Gasteiger partial charge in [-0.25, -0.2) is 0 Å². The topological polar surface area (TPSA) is 50.7 Å². The molecule has 114 valence electrons. The van der Waals surface area contributed by atoms with E-state index in [1.165, 1.54) is 12.0 Å². The van der Waals surface area contributed by atoms with Crippen molar-refractivity contribution >= 4 is 0 Å². The molecule has 4 heteroatoms. The minimum atomic E-state index is 0.305. The first-order chi connectivity index (χ1) is 9.81. The van der Waals surface area contributed by atoms with Crippen LogP contribution in [-0.2, 0) is 6.54 Å². The van der Waals surface area contributed by atoms with Crippen LogP contribution in [0.4, 0.5) is 0 Å². The monoisotopic (exact) mass is 281 g/mol. The predicted molar refractivity (Wildman–Crippen MR) is 81.4 cm³/mol. The SMILES string of the molecule is CCOc1ccc(CNCCCCCCO)cc1OC. The second-order valence-corrected chi connectivity index (χ2v) is 4.73. The fourth-order valence-corrected chi connectivity index (χ4v) is 2.04. The molecule has 0 radical (unpaired) electrons. The quantitative estimate of drug-likeness (QED) is 0.612. The van der Waals surface area contributed by atoms with Crippen molar-refractivity contribution in [3.05, 3.63) is 23.8 Å². The van der Waals surface area contributed by atoms with Crippen LogP contribution in [0.1, 0.15) is 38.2 Å². The molecule has 0 saturated carbocycles. The molecule has 0 aromatic heterocycles. The van der Waals surface area contributed by atoms with Crippen molar-refractivity contribution in [1.82, 2.24) is 5.32 Å². The van der Waals surface area contributed by atoms with Gasteiger partial charge in [-0.2, -0.15) is 0 Å². The zero-order valence-electron chi connectivity index (χ0n) is 12.7. The molecule has 1 rings (SSSR count). The largest absolute Gasteiger partial charge is 0.493 e. The predicted octanol–water partition coefficient (Wildman–Crippen LogP) is 2.74. The summed E-state index contributed by atoms with van der Waals surface area (Å²) in [5.41, 5.74) is 1.20. The lowest BCUT2D eigenvalue weighted by molar-refractivity contribution is 0.282. The summed E-state index contributed by atoms with van der Waals surface area (Å²) < 4.78 is 10.8. The van der Waals surface area contributed by atoms with Crippen LogP contribution in [0.2, 0.25) is 0 Å². The Morgan fingerprint density at radius 2 is 1.90 bits per heavy atom. The van der Waals surface area contributed by atoms with E-state index >= 15 is 0 Å². The third-order valence-electron chi connectivity index (χ3n) is 3.12. The van der Waals surface area contributed by atoms with Gasteiger partial charge in [0.1, 0.15) is 0 Å². The van der Waals surface area contributed by atoms with E-state index in [0.717, 1.165) is 43.9 Å². The van der Waals surface area contributed by atoms with Crippen LogP contribution >= 0.6 is 0 Å². The standard InChI is InChI=1S/C16H27NO3/c1-3-20-15-9-8-14(12-16(15)19-2)13-17-10-6-4-5-7-11-18/h8-9,12,17-18H,3-7,10-11,13H2,1-2H3. The molecule has 0 saturated heterocycles. The highest BCUT2D eigenvalue weighted by Gasteiger charge is 2.04. The molecule has 0 bridgehead atoms. The van der Waals surface area contributed by atoms with Crippen LogP contribution in [0.15, 0.2) is 18.2 Å². The van der Waals surface area contributed by atoms with Crippen LogP contribution in [0.25, 0.3) is 0 Å². The molecule has 0 aliphatic rings. The Hall–Kier alpha value is -1.26. The van der Waals surface area contributed by atoms with Gasteiger partial charge in [0.25, 0.3) is 0 Å². The summed E-state index contributed by atoms with van der Waals surface area (Å²) in [5, 5.41) is 12.1. The smallest absolute Gasteiger partial charge is 0.161 e. The number of unbranched alkanes of at least 4 members (excludes halogenated alkanes) is 3. The fourth-order valence-electron chi connectivity index (χ4n) is 2.04. The maximum Gasteiger partial charge on any atom is 0.161 e. The van der Waals surface area contributed by atoms with E-state index in [0.29, 0.717) is 13.2 Å². The summed E-state index contributed by atoms with van der Waals surface area (Å²) in [6, 6.07) is 6.04. The van der Waals surface area contributed by atoms with E-state index in [-0.39, 0.29) is 0 Å². The van der Waals surface area contributed by atoms with Crippen molar-refractivity contribution in [2.75, 3.05) is 26.9 Å². The highest BCUT2D eigenvalue weighted by molar-refractivity contribution is 5.42. The van der Waals surface area contributed by atoms with Gasteiger partial charge in [-0.3, -0.25) is 0 Å². The van der Waals surface area contributed by atoms with Gasteiger partial charge in [0.05, 0.1) is 13.7 Å². The Morgan fingerprint density at radius 3 is 2.60 bits per heavy atom. The van der Waals surface area contributed by atoms with Crippen molar-refractivity contribution in [2.24, 2.45) is 0 Å². The number of hydrogen-bond acceptors (Lipinski definition) is 4. The van der Waals surface area contributed by atoms with Gasteiger partial charge in [-0.1, -0.05) is 18.9 Å². The molecular weight excluding hydrogens is 254 g/mol. The number of aliphatic hydroxyl groups is 1. The fraction of sp³-hybridized carbons (Fsp3) is 0.625. The zero-order valence-corrected chi connectivity index (χ0v) is 12.7. The van der Waals surface area contributed by atoms with E-state index < -0.39 is 0 Å². The zero-order chi connectivity index (χ0) is 14.6. The van der Waals surface area contributed by atoms with Crippen LogP contribution < -0.4 is 14.8 Å². The van der Waals surface area contributed by atoms with Crippen LogP contribution in [0.3, 0.4) is 0 Å². The number of ether oxygens (including phenoxy) is 2. The Bertz CT molecular complexity index is 369. The van der Waals surface area contributed by atoms with Gasteiger partial charge in [-0.05, 0) is 44.0 Å². The summed E-state index contributed by atoms with van der Waals surface area (Å²) >= 11 is 0. The number of hydrogen-bond donors (Lipinski definition) is 2. The van der Waals surface area contributed by atoms with E-state index in [1.54, 1.807) is 7.11 Å². The van der Waals surface area contributed by atoms with E-state index in [9.17, 15) is 0 Å². The number of nitrogens with one attached hydrogen (secondary N) is 1. The lowest BCUT2D eigenvalue weighted by Gasteiger charge is -2.11. The third-order valence-corrected chi connectivity index (χ3v) is 3.12. The molecule has 0 fully saturated rings. The molecule has 0 heterocycles. The maximum atomic E-state index is 8.69. The number of benzene rings is 1. The van der Waals surface area contributed by atoms with Crippen molar-refractivity contribution < 1.29 is 14.6 Å². The summed E-state index contributed by atoms with van der Waals surface area (Å²) in [6.45, 7) is 4.75. The van der Waals surface area contributed by atoms with E-state index in [4.69, 9.17) is 14.6 Å². The van der Waals surface area contributed by atoms with E-state index in [1.807, 2.05) is 19.1 Å².